The van der Waals surface area contributed by atoms with E-state index in [9.17, 15) is 18.0 Å². The van der Waals surface area contributed by atoms with Crippen LogP contribution in [0, 0.1) is 6.92 Å². The number of halogens is 2. The van der Waals surface area contributed by atoms with Gasteiger partial charge in [-0.3, -0.25) is 13.9 Å². The molecule has 0 heterocycles. The number of carbonyl (C=O) groups is 2. The highest BCUT2D eigenvalue weighted by molar-refractivity contribution is 7.92. The molecular formula is C28H31Cl2N3O4S. The predicted octanol–water partition coefficient (Wildman–Crippen LogP) is 5.44. The molecule has 7 nitrogen and oxygen atoms in total. The maximum Gasteiger partial charge on any atom is 0.264 e. The zero-order valence-electron chi connectivity index (χ0n) is 21.5. The molecule has 0 aliphatic carbocycles. The van der Waals surface area contributed by atoms with Crippen LogP contribution in [0.5, 0.6) is 0 Å². The molecule has 202 valence electrons. The van der Waals surface area contributed by atoms with Crippen LogP contribution in [0.15, 0.2) is 77.7 Å². The van der Waals surface area contributed by atoms with Crippen molar-refractivity contribution in [2.45, 2.75) is 44.7 Å². The van der Waals surface area contributed by atoms with Gasteiger partial charge in [0.2, 0.25) is 11.8 Å². The lowest BCUT2D eigenvalue weighted by molar-refractivity contribution is -0.140. The fourth-order valence-corrected chi connectivity index (χ4v) is 5.91. The Morgan fingerprint density at radius 3 is 2.16 bits per heavy atom. The van der Waals surface area contributed by atoms with Crippen LogP contribution in [0.4, 0.5) is 5.69 Å². The third kappa shape index (κ3) is 6.87. The lowest BCUT2D eigenvalue weighted by Gasteiger charge is -2.33. The van der Waals surface area contributed by atoms with Crippen LogP contribution >= 0.6 is 23.2 Å². The number of benzene rings is 3. The highest BCUT2D eigenvalue weighted by Gasteiger charge is 2.34. The Bertz CT molecular complexity index is 1380. The maximum atomic E-state index is 14.0. The van der Waals surface area contributed by atoms with Gasteiger partial charge in [-0.15, -0.1) is 0 Å². The summed E-state index contributed by atoms with van der Waals surface area (Å²) in [5.74, 6) is -0.859. The third-order valence-electron chi connectivity index (χ3n) is 6.10. The number of hydrogen-bond acceptors (Lipinski definition) is 4. The normalized spacial score (nSPS) is 12.0. The second kappa shape index (κ2) is 13.1. The molecule has 3 aromatic rings. The summed E-state index contributed by atoms with van der Waals surface area (Å²) in [6.45, 7) is 5.28. The van der Waals surface area contributed by atoms with Gasteiger partial charge in [0.05, 0.1) is 10.6 Å². The zero-order valence-corrected chi connectivity index (χ0v) is 23.9. The van der Waals surface area contributed by atoms with E-state index in [1.807, 2.05) is 0 Å². The van der Waals surface area contributed by atoms with E-state index in [-0.39, 0.29) is 17.3 Å². The number of nitrogens with zero attached hydrogens (tertiary/aromatic N) is 2. The number of nitrogens with one attached hydrogen (secondary N) is 1. The number of likely N-dealkylation sites (N-methyl/N-ethyl adjacent to an activating group) is 1. The molecule has 1 atom stereocenters. The molecule has 1 N–H and O–H groups in total. The molecule has 38 heavy (non-hydrogen) atoms. The molecule has 10 heteroatoms. The standard InChI is InChI=1S/C28H31Cl2N3O4S/c1-4-25(28(35)31-5-2)32(18-21-11-7-8-12-24(21)30)27(34)19-33(26-13-9-6-10-20(26)3)38(36,37)23-16-14-22(29)15-17-23/h6-17,25H,4-5,18-19H2,1-3H3,(H,31,35)/t25-/m0/s1. The van der Waals surface area contributed by atoms with Crippen molar-refractivity contribution >= 4 is 50.7 Å². The summed E-state index contributed by atoms with van der Waals surface area (Å²) >= 11 is 12.4. The minimum Gasteiger partial charge on any atom is -0.355 e. The molecule has 3 rings (SSSR count). The number of rotatable bonds is 11. The number of anilines is 1. The molecule has 0 unspecified atom stereocenters. The van der Waals surface area contributed by atoms with Crippen molar-refractivity contribution in [1.29, 1.82) is 0 Å². The number of para-hydroxylation sites is 1. The van der Waals surface area contributed by atoms with E-state index in [2.05, 4.69) is 5.32 Å². The average Bonchev–Trinajstić information content (AvgIpc) is 2.89. The number of carbonyl (C=O) groups excluding carboxylic acids is 2. The minimum atomic E-state index is -4.17. The smallest absolute Gasteiger partial charge is 0.264 e. The Kier molecular flexibility index (Phi) is 10.2. The average molecular weight is 577 g/mol. The fraction of sp³-hybridized carbons (Fsp3) is 0.286. The monoisotopic (exact) mass is 575 g/mol. The summed E-state index contributed by atoms with van der Waals surface area (Å²) in [7, 11) is -4.17. The molecule has 0 aliphatic heterocycles. The molecule has 0 fully saturated rings. The molecule has 0 aromatic heterocycles. The maximum absolute atomic E-state index is 14.0. The van der Waals surface area contributed by atoms with E-state index in [1.165, 1.54) is 29.2 Å². The summed E-state index contributed by atoms with van der Waals surface area (Å²) in [6, 6.07) is 18.9. The summed E-state index contributed by atoms with van der Waals surface area (Å²) in [5.41, 5.74) is 1.68. The first kappa shape index (κ1) is 29.5. The fourth-order valence-electron chi connectivity index (χ4n) is 4.11. The van der Waals surface area contributed by atoms with Crippen LogP contribution in [0.1, 0.15) is 31.4 Å². The van der Waals surface area contributed by atoms with Gasteiger partial charge < -0.3 is 10.2 Å². The van der Waals surface area contributed by atoms with E-state index >= 15 is 0 Å². The van der Waals surface area contributed by atoms with Crippen LogP contribution in [0.3, 0.4) is 0 Å². The largest absolute Gasteiger partial charge is 0.355 e. The van der Waals surface area contributed by atoms with Gasteiger partial charge in [-0.2, -0.15) is 0 Å². The molecule has 0 aliphatic rings. The number of hydrogen-bond donors (Lipinski definition) is 1. The van der Waals surface area contributed by atoms with E-state index in [4.69, 9.17) is 23.2 Å². The van der Waals surface area contributed by atoms with Crippen LogP contribution in [0.25, 0.3) is 0 Å². The molecule has 0 saturated heterocycles. The van der Waals surface area contributed by atoms with Crippen molar-refractivity contribution in [1.82, 2.24) is 10.2 Å². The van der Waals surface area contributed by atoms with Crippen molar-refractivity contribution in [2.75, 3.05) is 17.4 Å². The Morgan fingerprint density at radius 1 is 0.921 bits per heavy atom. The Hall–Kier alpha value is -3.07. The van der Waals surface area contributed by atoms with Gasteiger partial charge in [-0.1, -0.05) is 66.5 Å². The van der Waals surface area contributed by atoms with Crippen molar-refractivity contribution < 1.29 is 18.0 Å². The van der Waals surface area contributed by atoms with Gasteiger partial charge in [0.25, 0.3) is 10.0 Å². The van der Waals surface area contributed by atoms with Crippen LogP contribution in [-0.4, -0.2) is 44.3 Å². The topological polar surface area (TPSA) is 86.8 Å². The van der Waals surface area contributed by atoms with Crippen LogP contribution < -0.4 is 9.62 Å². The molecule has 0 bridgehead atoms. The second-order valence-corrected chi connectivity index (χ2v) is 11.4. The Morgan fingerprint density at radius 2 is 1.55 bits per heavy atom. The SMILES string of the molecule is CCNC(=O)[C@H](CC)N(Cc1ccccc1Cl)C(=O)CN(c1ccccc1C)S(=O)(=O)c1ccc(Cl)cc1. The summed E-state index contributed by atoms with van der Waals surface area (Å²) in [5, 5.41) is 3.61. The highest BCUT2D eigenvalue weighted by atomic mass is 35.5. The van der Waals surface area contributed by atoms with Gasteiger partial charge in [0.1, 0.15) is 12.6 Å². The van der Waals surface area contributed by atoms with E-state index in [0.717, 1.165) is 4.31 Å². The molecule has 0 saturated carbocycles. The Balaban J connectivity index is 2.08. The zero-order chi connectivity index (χ0) is 27.9. The molecule has 2 amide bonds. The summed E-state index contributed by atoms with van der Waals surface area (Å²) in [4.78, 5) is 28.3. The van der Waals surface area contributed by atoms with Gasteiger partial charge in [0.15, 0.2) is 0 Å². The molecule has 0 spiro atoms. The number of aryl methyl sites for hydroxylation is 1. The molecular weight excluding hydrogens is 545 g/mol. The van der Waals surface area contributed by atoms with Gasteiger partial charge in [0, 0.05) is 23.1 Å². The van der Waals surface area contributed by atoms with Crippen molar-refractivity contribution in [3.63, 3.8) is 0 Å². The number of amides is 2. The number of sulfonamides is 1. The molecule has 3 aromatic carbocycles. The minimum absolute atomic E-state index is 0.00799. The van der Waals surface area contributed by atoms with Crippen molar-refractivity contribution in [3.8, 4) is 0 Å². The van der Waals surface area contributed by atoms with Crippen LogP contribution in [-0.2, 0) is 26.2 Å². The van der Waals surface area contributed by atoms with Crippen molar-refractivity contribution in [2.24, 2.45) is 0 Å². The predicted molar refractivity (Wildman–Crippen MR) is 152 cm³/mol. The summed E-state index contributed by atoms with van der Waals surface area (Å²) in [6.07, 6.45) is 0.330. The third-order valence-corrected chi connectivity index (χ3v) is 8.49. The van der Waals surface area contributed by atoms with E-state index < -0.39 is 28.5 Å². The van der Waals surface area contributed by atoms with Crippen LogP contribution in [0.2, 0.25) is 10.0 Å². The van der Waals surface area contributed by atoms with Gasteiger partial charge in [-0.05, 0) is 67.8 Å². The first-order chi connectivity index (χ1) is 18.1. The molecule has 0 radical (unpaired) electrons. The highest BCUT2D eigenvalue weighted by Crippen LogP contribution is 2.28. The first-order valence-electron chi connectivity index (χ1n) is 12.2. The van der Waals surface area contributed by atoms with E-state index in [1.54, 1.807) is 69.3 Å². The summed E-state index contributed by atoms with van der Waals surface area (Å²) < 4.78 is 28.8. The van der Waals surface area contributed by atoms with Gasteiger partial charge in [-0.25, -0.2) is 8.42 Å². The van der Waals surface area contributed by atoms with Crippen molar-refractivity contribution in [3.05, 3.63) is 94.0 Å². The van der Waals surface area contributed by atoms with E-state index in [0.29, 0.717) is 39.8 Å². The second-order valence-electron chi connectivity index (χ2n) is 8.68. The lowest BCUT2D eigenvalue weighted by Crippen LogP contribution is -2.52. The Labute approximate surface area is 234 Å². The quantitative estimate of drug-likeness (QED) is 0.330. The lowest BCUT2D eigenvalue weighted by atomic mass is 10.1. The van der Waals surface area contributed by atoms with Gasteiger partial charge >= 0.3 is 0 Å². The first-order valence-corrected chi connectivity index (χ1v) is 14.4.